The topological polar surface area (TPSA) is 30.9 Å². The quantitative estimate of drug-likeness (QED) is 0.833. The van der Waals surface area contributed by atoms with Gasteiger partial charge in [-0.25, -0.2) is 0 Å². The van der Waals surface area contributed by atoms with Crippen LogP contribution in [0.15, 0.2) is 12.1 Å². The summed E-state index contributed by atoms with van der Waals surface area (Å²) in [5, 5.41) is 0. The van der Waals surface area contributed by atoms with Crippen LogP contribution < -0.4 is 5.73 Å². The molecule has 0 bridgehead atoms. The summed E-state index contributed by atoms with van der Waals surface area (Å²) in [6.45, 7) is 5.29. The van der Waals surface area contributed by atoms with Crippen LogP contribution in [-0.4, -0.2) is 11.1 Å². The van der Waals surface area contributed by atoms with Crippen molar-refractivity contribution in [3.05, 3.63) is 23.5 Å². The molecule has 16 heavy (non-hydrogen) atoms. The number of rotatable bonds is 3. The van der Waals surface area contributed by atoms with Gasteiger partial charge in [-0.05, 0) is 57.7 Å². The van der Waals surface area contributed by atoms with Gasteiger partial charge in [0.1, 0.15) is 0 Å². The molecule has 0 radical (unpaired) electrons. The third-order valence-electron chi connectivity index (χ3n) is 4.02. The van der Waals surface area contributed by atoms with E-state index in [4.69, 9.17) is 5.73 Å². The number of hydrogen-bond donors (Lipinski definition) is 1. The summed E-state index contributed by atoms with van der Waals surface area (Å²) < 4.78 is 2.53. The first-order valence-corrected chi connectivity index (χ1v) is 6.57. The Morgan fingerprint density at radius 1 is 1.25 bits per heavy atom. The molecule has 2 atom stereocenters. The molecular formula is C14H24N2. The Hall–Kier alpha value is -0.760. The van der Waals surface area contributed by atoms with Crippen molar-refractivity contribution in [3.8, 4) is 0 Å². The lowest BCUT2D eigenvalue weighted by atomic mass is 9.83. The fourth-order valence-corrected chi connectivity index (χ4v) is 3.25. The highest BCUT2D eigenvalue weighted by Gasteiger charge is 2.23. The summed E-state index contributed by atoms with van der Waals surface area (Å²) in [6, 6.07) is 5.20. The zero-order chi connectivity index (χ0) is 11.5. The first kappa shape index (κ1) is 11.7. The molecule has 2 nitrogen and oxygen atoms in total. The third-order valence-corrected chi connectivity index (χ3v) is 4.02. The van der Waals surface area contributed by atoms with Crippen LogP contribution in [0.1, 0.15) is 49.5 Å². The summed E-state index contributed by atoms with van der Waals surface area (Å²) in [5.74, 6) is 0.852. The Morgan fingerprint density at radius 3 is 2.56 bits per heavy atom. The zero-order valence-electron chi connectivity index (χ0n) is 10.6. The molecule has 0 saturated heterocycles. The van der Waals surface area contributed by atoms with Crippen LogP contribution in [0.3, 0.4) is 0 Å². The minimum absolute atomic E-state index is 0.722. The molecule has 1 aliphatic rings. The fourth-order valence-electron chi connectivity index (χ4n) is 3.25. The van der Waals surface area contributed by atoms with Gasteiger partial charge >= 0.3 is 0 Å². The second-order valence-electron chi connectivity index (χ2n) is 5.25. The highest BCUT2D eigenvalue weighted by atomic mass is 15.0. The molecular weight excluding hydrogens is 196 g/mol. The molecule has 1 aromatic rings. The molecule has 0 aliphatic heterocycles. The number of nitrogens with two attached hydrogens (primary N) is 1. The summed E-state index contributed by atoms with van der Waals surface area (Å²) in [4.78, 5) is 0. The minimum atomic E-state index is 0.722. The lowest BCUT2D eigenvalue weighted by Crippen LogP contribution is -2.22. The molecule has 2 heteroatoms. The standard InChI is InChI=1S/C14H24N2/c1-11-6-7-12(2)16(11)14-5-3-4-13(10-14)8-9-15/h6-7,13-14H,3-5,8-10,15H2,1-2H3. The van der Waals surface area contributed by atoms with Gasteiger partial charge in [-0.2, -0.15) is 0 Å². The van der Waals surface area contributed by atoms with Crippen LogP contribution in [-0.2, 0) is 0 Å². The van der Waals surface area contributed by atoms with E-state index in [1.807, 2.05) is 0 Å². The smallest absolute Gasteiger partial charge is 0.0338 e. The Balaban J connectivity index is 2.09. The number of aryl methyl sites for hydroxylation is 2. The van der Waals surface area contributed by atoms with E-state index in [0.29, 0.717) is 0 Å². The van der Waals surface area contributed by atoms with Crippen molar-refractivity contribution >= 4 is 0 Å². The van der Waals surface area contributed by atoms with E-state index in [1.54, 1.807) is 0 Å². The normalized spacial score (nSPS) is 25.9. The molecule has 0 spiro atoms. The lowest BCUT2D eigenvalue weighted by molar-refractivity contribution is 0.254. The first-order chi connectivity index (χ1) is 7.72. The van der Waals surface area contributed by atoms with E-state index in [2.05, 4.69) is 30.5 Å². The molecule has 0 amide bonds. The Morgan fingerprint density at radius 2 is 1.94 bits per heavy atom. The Kier molecular flexibility index (Phi) is 3.70. The molecule has 1 aliphatic carbocycles. The zero-order valence-corrected chi connectivity index (χ0v) is 10.6. The van der Waals surface area contributed by atoms with Gasteiger partial charge < -0.3 is 10.3 Å². The average molecular weight is 220 g/mol. The van der Waals surface area contributed by atoms with Crippen LogP contribution in [0.5, 0.6) is 0 Å². The van der Waals surface area contributed by atoms with Gasteiger partial charge in [0.2, 0.25) is 0 Å². The van der Waals surface area contributed by atoms with Gasteiger partial charge in [0.05, 0.1) is 0 Å². The van der Waals surface area contributed by atoms with Crippen LogP contribution in [0.2, 0.25) is 0 Å². The first-order valence-electron chi connectivity index (χ1n) is 6.57. The number of hydrogen-bond acceptors (Lipinski definition) is 1. The van der Waals surface area contributed by atoms with Crippen LogP contribution in [0.25, 0.3) is 0 Å². The molecule has 90 valence electrons. The van der Waals surface area contributed by atoms with Crippen molar-refractivity contribution in [2.24, 2.45) is 11.7 Å². The maximum atomic E-state index is 5.68. The van der Waals surface area contributed by atoms with Crippen molar-refractivity contribution in [1.29, 1.82) is 0 Å². The van der Waals surface area contributed by atoms with E-state index in [0.717, 1.165) is 18.5 Å². The summed E-state index contributed by atoms with van der Waals surface area (Å²) in [6.07, 6.45) is 6.63. The number of aromatic nitrogens is 1. The van der Waals surface area contributed by atoms with Gasteiger partial charge in [-0.15, -0.1) is 0 Å². The van der Waals surface area contributed by atoms with Crippen LogP contribution in [0.4, 0.5) is 0 Å². The molecule has 1 fully saturated rings. The van der Waals surface area contributed by atoms with E-state index in [9.17, 15) is 0 Å². The van der Waals surface area contributed by atoms with Crippen molar-refractivity contribution in [2.75, 3.05) is 6.54 Å². The van der Waals surface area contributed by atoms with Gasteiger partial charge in [0.25, 0.3) is 0 Å². The second-order valence-corrected chi connectivity index (χ2v) is 5.25. The van der Waals surface area contributed by atoms with Gasteiger partial charge in [-0.3, -0.25) is 0 Å². The summed E-state index contributed by atoms with van der Waals surface area (Å²) in [7, 11) is 0. The van der Waals surface area contributed by atoms with Crippen molar-refractivity contribution in [1.82, 2.24) is 4.57 Å². The second kappa shape index (κ2) is 5.05. The van der Waals surface area contributed by atoms with Crippen LogP contribution in [0, 0.1) is 19.8 Å². The highest BCUT2D eigenvalue weighted by Crippen LogP contribution is 2.35. The summed E-state index contributed by atoms with van der Waals surface area (Å²) in [5.41, 5.74) is 8.50. The van der Waals surface area contributed by atoms with E-state index in [1.165, 1.54) is 43.5 Å². The predicted octanol–water partition coefficient (Wildman–Crippen LogP) is 3.19. The fraction of sp³-hybridized carbons (Fsp3) is 0.714. The molecule has 2 rings (SSSR count). The highest BCUT2D eigenvalue weighted by molar-refractivity contribution is 5.15. The average Bonchev–Trinajstić information content (AvgIpc) is 2.59. The molecule has 2 unspecified atom stereocenters. The van der Waals surface area contributed by atoms with Crippen molar-refractivity contribution in [3.63, 3.8) is 0 Å². The van der Waals surface area contributed by atoms with Gasteiger partial charge in [0, 0.05) is 17.4 Å². The maximum absolute atomic E-state index is 5.68. The Bertz CT molecular complexity index is 319. The lowest BCUT2D eigenvalue weighted by Gasteiger charge is -2.32. The predicted molar refractivity (Wildman–Crippen MR) is 68.6 cm³/mol. The third kappa shape index (κ3) is 2.32. The van der Waals surface area contributed by atoms with Gasteiger partial charge in [-0.1, -0.05) is 12.8 Å². The molecule has 0 aromatic carbocycles. The largest absolute Gasteiger partial charge is 0.346 e. The Labute approximate surface area is 98.8 Å². The van der Waals surface area contributed by atoms with E-state index in [-0.39, 0.29) is 0 Å². The molecule has 1 saturated carbocycles. The molecule has 1 aromatic heterocycles. The van der Waals surface area contributed by atoms with Gasteiger partial charge in [0.15, 0.2) is 0 Å². The SMILES string of the molecule is Cc1ccc(C)n1C1CCCC(CCN)C1. The minimum Gasteiger partial charge on any atom is -0.346 e. The van der Waals surface area contributed by atoms with Crippen molar-refractivity contribution in [2.45, 2.75) is 52.0 Å². The van der Waals surface area contributed by atoms with Crippen LogP contribution >= 0.6 is 0 Å². The molecule has 2 N–H and O–H groups in total. The van der Waals surface area contributed by atoms with E-state index < -0.39 is 0 Å². The monoisotopic (exact) mass is 220 g/mol. The van der Waals surface area contributed by atoms with E-state index >= 15 is 0 Å². The van der Waals surface area contributed by atoms with Crippen molar-refractivity contribution < 1.29 is 0 Å². The maximum Gasteiger partial charge on any atom is 0.0338 e. The molecule has 1 heterocycles. The summed E-state index contributed by atoms with van der Waals surface area (Å²) >= 11 is 0. The number of nitrogens with zero attached hydrogens (tertiary/aromatic N) is 1.